The first-order valence-electron chi connectivity index (χ1n) is 7.17. The quantitative estimate of drug-likeness (QED) is 0.906. The molecule has 1 fully saturated rings. The molecule has 5 nitrogen and oxygen atoms in total. The molecular weight excluding hydrogens is 252 g/mol. The van der Waals surface area contributed by atoms with Gasteiger partial charge in [0.05, 0.1) is 5.52 Å². The molecule has 0 bridgehead atoms. The second-order valence-electron chi connectivity index (χ2n) is 5.35. The number of para-hydroxylation sites is 1. The number of carbonyl (C=O) groups is 1. The van der Waals surface area contributed by atoms with Gasteiger partial charge in [-0.15, -0.1) is 0 Å². The summed E-state index contributed by atoms with van der Waals surface area (Å²) in [6, 6.07) is 8.17. The Hall–Kier alpha value is -1.88. The van der Waals surface area contributed by atoms with Crippen LogP contribution in [0.1, 0.15) is 24.3 Å². The molecule has 1 amide bonds. The van der Waals surface area contributed by atoms with Crippen LogP contribution in [-0.4, -0.2) is 58.1 Å². The minimum Gasteiger partial charge on any atom is -0.334 e. The molecular formula is C15H20N4O. The van der Waals surface area contributed by atoms with E-state index in [9.17, 15) is 4.79 Å². The van der Waals surface area contributed by atoms with E-state index in [1.807, 2.05) is 29.2 Å². The maximum absolute atomic E-state index is 12.6. The van der Waals surface area contributed by atoms with Crippen molar-refractivity contribution < 1.29 is 4.79 Å². The van der Waals surface area contributed by atoms with Gasteiger partial charge < -0.3 is 4.90 Å². The fourth-order valence-corrected chi connectivity index (χ4v) is 2.93. The molecule has 20 heavy (non-hydrogen) atoms. The summed E-state index contributed by atoms with van der Waals surface area (Å²) < 4.78 is 0. The summed E-state index contributed by atoms with van der Waals surface area (Å²) in [5, 5.41) is 8.04. The fraction of sp³-hybridized carbons (Fsp3) is 0.467. The number of benzene rings is 1. The summed E-state index contributed by atoms with van der Waals surface area (Å²) in [7, 11) is 0. The Balaban J connectivity index is 1.83. The van der Waals surface area contributed by atoms with E-state index < -0.39 is 0 Å². The molecule has 0 spiro atoms. The van der Waals surface area contributed by atoms with E-state index in [2.05, 4.69) is 28.9 Å². The van der Waals surface area contributed by atoms with Crippen molar-refractivity contribution >= 4 is 16.8 Å². The minimum atomic E-state index is 0.0325. The molecule has 1 aromatic heterocycles. The van der Waals surface area contributed by atoms with Crippen molar-refractivity contribution in [2.75, 3.05) is 26.2 Å². The van der Waals surface area contributed by atoms with Crippen molar-refractivity contribution in [2.24, 2.45) is 0 Å². The summed E-state index contributed by atoms with van der Waals surface area (Å²) >= 11 is 0. The van der Waals surface area contributed by atoms with E-state index in [4.69, 9.17) is 0 Å². The van der Waals surface area contributed by atoms with Crippen molar-refractivity contribution in [1.29, 1.82) is 0 Å². The zero-order valence-corrected chi connectivity index (χ0v) is 12.0. The van der Waals surface area contributed by atoms with Crippen molar-refractivity contribution in [3.05, 3.63) is 30.0 Å². The van der Waals surface area contributed by atoms with Crippen molar-refractivity contribution in [3.8, 4) is 0 Å². The molecule has 0 radical (unpaired) electrons. The minimum absolute atomic E-state index is 0.0325. The van der Waals surface area contributed by atoms with Crippen molar-refractivity contribution in [2.45, 2.75) is 19.9 Å². The molecule has 1 aliphatic heterocycles. The van der Waals surface area contributed by atoms with Crippen LogP contribution in [0.2, 0.25) is 0 Å². The predicted molar refractivity (Wildman–Crippen MR) is 78.7 cm³/mol. The van der Waals surface area contributed by atoms with E-state index in [0.29, 0.717) is 11.7 Å². The standard InChI is InChI=1S/C15H20N4O/c1-3-18-8-9-19(10-11(18)2)15(20)14-12-6-4-5-7-13(12)16-17-14/h4-7,11H,3,8-10H2,1-2H3,(H,16,17). The Morgan fingerprint density at radius 1 is 1.40 bits per heavy atom. The first kappa shape index (κ1) is 13.1. The number of fused-ring (bicyclic) bond motifs is 1. The average molecular weight is 272 g/mol. The summed E-state index contributed by atoms with van der Waals surface area (Å²) in [4.78, 5) is 17.0. The number of nitrogens with zero attached hydrogens (tertiary/aromatic N) is 3. The molecule has 2 aromatic rings. The summed E-state index contributed by atoms with van der Waals surface area (Å²) in [5.41, 5.74) is 1.45. The number of likely N-dealkylation sites (N-methyl/N-ethyl adjacent to an activating group) is 1. The Morgan fingerprint density at radius 2 is 2.20 bits per heavy atom. The molecule has 1 atom stereocenters. The highest BCUT2D eigenvalue weighted by Crippen LogP contribution is 2.18. The maximum atomic E-state index is 12.6. The lowest BCUT2D eigenvalue weighted by Gasteiger charge is -2.39. The van der Waals surface area contributed by atoms with Crippen molar-refractivity contribution in [1.82, 2.24) is 20.0 Å². The first-order chi connectivity index (χ1) is 9.70. The molecule has 0 aliphatic carbocycles. The molecule has 1 N–H and O–H groups in total. The predicted octanol–water partition coefficient (Wildman–Crippen LogP) is 1.73. The van der Waals surface area contributed by atoms with E-state index in [-0.39, 0.29) is 5.91 Å². The highest BCUT2D eigenvalue weighted by atomic mass is 16.2. The maximum Gasteiger partial charge on any atom is 0.275 e. The van der Waals surface area contributed by atoms with E-state index in [1.54, 1.807) is 0 Å². The number of H-pyrrole nitrogens is 1. The lowest BCUT2D eigenvalue weighted by atomic mass is 10.1. The van der Waals surface area contributed by atoms with E-state index >= 15 is 0 Å². The van der Waals surface area contributed by atoms with Gasteiger partial charge in [0.25, 0.3) is 5.91 Å². The molecule has 2 heterocycles. The molecule has 1 aliphatic rings. The number of aromatic nitrogens is 2. The number of nitrogens with one attached hydrogen (secondary N) is 1. The lowest BCUT2D eigenvalue weighted by molar-refractivity contribution is 0.0524. The van der Waals surface area contributed by atoms with Crippen LogP contribution in [0.25, 0.3) is 10.9 Å². The number of piperazine rings is 1. The molecule has 1 saturated heterocycles. The number of carbonyl (C=O) groups excluding carboxylic acids is 1. The van der Waals surface area contributed by atoms with Crippen LogP contribution in [0.3, 0.4) is 0 Å². The number of hydrogen-bond donors (Lipinski definition) is 1. The number of aromatic amines is 1. The first-order valence-corrected chi connectivity index (χ1v) is 7.17. The van der Waals surface area contributed by atoms with Gasteiger partial charge in [0.2, 0.25) is 0 Å². The van der Waals surface area contributed by atoms with Gasteiger partial charge in [-0.25, -0.2) is 0 Å². The van der Waals surface area contributed by atoms with Gasteiger partial charge in [0.15, 0.2) is 5.69 Å². The van der Waals surface area contributed by atoms with Crippen molar-refractivity contribution in [3.63, 3.8) is 0 Å². The highest BCUT2D eigenvalue weighted by Gasteiger charge is 2.28. The number of rotatable bonds is 2. The average Bonchev–Trinajstić information content (AvgIpc) is 2.90. The third kappa shape index (κ3) is 2.18. The molecule has 1 unspecified atom stereocenters. The van der Waals surface area contributed by atoms with Crippen LogP contribution in [0.5, 0.6) is 0 Å². The van der Waals surface area contributed by atoms with Crippen LogP contribution >= 0.6 is 0 Å². The third-order valence-electron chi connectivity index (χ3n) is 4.13. The zero-order valence-electron chi connectivity index (χ0n) is 12.0. The largest absolute Gasteiger partial charge is 0.334 e. The van der Waals surface area contributed by atoms with Crippen LogP contribution in [0, 0.1) is 0 Å². The van der Waals surface area contributed by atoms with Gasteiger partial charge in [-0.05, 0) is 19.5 Å². The lowest BCUT2D eigenvalue weighted by Crippen LogP contribution is -2.53. The molecule has 3 rings (SSSR count). The van der Waals surface area contributed by atoms with Crippen LogP contribution < -0.4 is 0 Å². The van der Waals surface area contributed by atoms with Crippen LogP contribution in [-0.2, 0) is 0 Å². The van der Waals surface area contributed by atoms with Crippen LogP contribution in [0.4, 0.5) is 0 Å². The zero-order chi connectivity index (χ0) is 14.1. The van der Waals surface area contributed by atoms with Gasteiger partial charge in [-0.1, -0.05) is 25.1 Å². The molecule has 5 heteroatoms. The Morgan fingerprint density at radius 3 is 2.95 bits per heavy atom. The Kier molecular flexibility index (Phi) is 3.44. The second-order valence-corrected chi connectivity index (χ2v) is 5.35. The normalized spacial score (nSPS) is 20.5. The monoisotopic (exact) mass is 272 g/mol. The second kappa shape index (κ2) is 5.25. The number of hydrogen-bond acceptors (Lipinski definition) is 3. The number of amides is 1. The van der Waals surface area contributed by atoms with Gasteiger partial charge in [-0.2, -0.15) is 5.10 Å². The molecule has 0 saturated carbocycles. The SMILES string of the molecule is CCN1CCN(C(=O)c2n[nH]c3ccccc23)CC1C. The molecule has 106 valence electrons. The smallest absolute Gasteiger partial charge is 0.275 e. The summed E-state index contributed by atoms with van der Waals surface area (Å²) in [5.74, 6) is 0.0325. The topological polar surface area (TPSA) is 52.2 Å². The van der Waals surface area contributed by atoms with E-state index in [0.717, 1.165) is 37.1 Å². The van der Waals surface area contributed by atoms with E-state index in [1.165, 1.54) is 0 Å². The van der Waals surface area contributed by atoms with Gasteiger partial charge in [-0.3, -0.25) is 14.8 Å². The van der Waals surface area contributed by atoms with Gasteiger partial charge in [0.1, 0.15) is 0 Å². The van der Waals surface area contributed by atoms with Crippen LogP contribution in [0.15, 0.2) is 24.3 Å². The Labute approximate surface area is 118 Å². The van der Waals surface area contributed by atoms with Gasteiger partial charge in [0, 0.05) is 31.1 Å². The van der Waals surface area contributed by atoms with Gasteiger partial charge >= 0.3 is 0 Å². The summed E-state index contributed by atoms with van der Waals surface area (Å²) in [6.45, 7) is 7.85. The fourth-order valence-electron chi connectivity index (χ4n) is 2.93. The third-order valence-corrected chi connectivity index (χ3v) is 4.13. The Bertz CT molecular complexity index is 621. The summed E-state index contributed by atoms with van der Waals surface area (Å²) in [6.07, 6.45) is 0. The molecule has 1 aromatic carbocycles. The highest BCUT2D eigenvalue weighted by molar-refractivity contribution is 6.04.